The third kappa shape index (κ3) is 2.65. The maximum Gasteiger partial charge on any atom is 0.461 e. The first kappa shape index (κ1) is 9.81. The lowest BCUT2D eigenvalue weighted by Gasteiger charge is -2.38. The van der Waals surface area contributed by atoms with Gasteiger partial charge in [-0.05, 0) is 27.2 Å². The summed E-state index contributed by atoms with van der Waals surface area (Å²) in [6, 6.07) is 0. The molecule has 0 unspecified atom stereocenters. The molecule has 0 N–H and O–H groups in total. The summed E-state index contributed by atoms with van der Waals surface area (Å²) >= 11 is 0. The van der Waals surface area contributed by atoms with Gasteiger partial charge in [-0.25, -0.2) is 0 Å². The molecule has 0 aliphatic carbocycles. The van der Waals surface area contributed by atoms with Gasteiger partial charge >= 0.3 is 7.12 Å². The first-order chi connectivity index (χ1) is 5.53. The van der Waals surface area contributed by atoms with E-state index >= 15 is 0 Å². The number of rotatable bonds is 2. The zero-order valence-electron chi connectivity index (χ0n) is 8.17. The topological polar surface area (TPSA) is 18.5 Å². The normalized spacial score (nSPS) is 28.6. The van der Waals surface area contributed by atoms with Gasteiger partial charge in [0.15, 0.2) is 0 Å². The molecule has 1 aliphatic rings. The van der Waals surface area contributed by atoms with E-state index in [1.165, 1.54) is 0 Å². The average Bonchev–Trinajstić information content (AvgIpc) is 1.82. The van der Waals surface area contributed by atoms with Crippen LogP contribution >= 0.6 is 0 Å². The van der Waals surface area contributed by atoms with Crippen LogP contribution in [0.15, 0.2) is 12.7 Å². The van der Waals surface area contributed by atoms with Crippen molar-refractivity contribution in [2.45, 2.75) is 45.2 Å². The smallest absolute Gasteiger partial charge is 0.408 e. The Morgan fingerprint density at radius 1 is 1.67 bits per heavy atom. The van der Waals surface area contributed by atoms with Crippen molar-refractivity contribution in [1.29, 1.82) is 0 Å². The first-order valence-corrected chi connectivity index (χ1v) is 4.48. The molecule has 0 aromatic rings. The van der Waals surface area contributed by atoms with E-state index in [2.05, 4.69) is 27.4 Å². The highest BCUT2D eigenvalue weighted by atomic mass is 16.6. The van der Waals surface area contributed by atoms with Crippen LogP contribution in [0.3, 0.4) is 0 Å². The zero-order valence-corrected chi connectivity index (χ0v) is 8.17. The lowest BCUT2D eigenvalue weighted by Crippen LogP contribution is -2.45. The Balaban J connectivity index is 2.51. The minimum atomic E-state index is -0.0961. The molecule has 12 heavy (non-hydrogen) atoms. The predicted molar refractivity (Wildman–Crippen MR) is 51.1 cm³/mol. The van der Waals surface area contributed by atoms with E-state index in [4.69, 9.17) is 9.31 Å². The molecule has 1 fully saturated rings. The fourth-order valence-corrected chi connectivity index (χ4v) is 1.67. The number of hydrogen-bond donors (Lipinski definition) is 0. The van der Waals surface area contributed by atoms with Crippen LogP contribution in [-0.2, 0) is 9.31 Å². The molecular formula is C9H17BO2. The molecular weight excluding hydrogens is 151 g/mol. The van der Waals surface area contributed by atoms with E-state index in [-0.39, 0.29) is 12.7 Å². The Kier molecular flexibility index (Phi) is 2.96. The summed E-state index contributed by atoms with van der Waals surface area (Å²) in [5.74, 6) is 0. The summed E-state index contributed by atoms with van der Waals surface area (Å²) in [7, 11) is -0.0961. The largest absolute Gasteiger partial charge is 0.461 e. The van der Waals surface area contributed by atoms with Crippen LogP contribution in [0.5, 0.6) is 0 Å². The minimum absolute atomic E-state index is 0.0503. The molecule has 0 amide bonds. The van der Waals surface area contributed by atoms with Crippen LogP contribution < -0.4 is 0 Å². The van der Waals surface area contributed by atoms with Crippen molar-refractivity contribution in [1.82, 2.24) is 0 Å². The van der Waals surface area contributed by atoms with E-state index in [9.17, 15) is 0 Å². The van der Waals surface area contributed by atoms with Gasteiger partial charge in [-0.3, -0.25) is 0 Å². The summed E-state index contributed by atoms with van der Waals surface area (Å²) in [5, 5.41) is 0. The highest BCUT2D eigenvalue weighted by Crippen LogP contribution is 2.26. The van der Waals surface area contributed by atoms with Crippen molar-refractivity contribution in [3.63, 3.8) is 0 Å². The molecule has 1 aliphatic heterocycles. The summed E-state index contributed by atoms with van der Waals surface area (Å²) in [5.41, 5.74) is -0.0503. The van der Waals surface area contributed by atoms with Gasteiger partial charge in [-0.1, -0.05) is 6.08 Å². The zero-order chi connectivity index (χ0) is 9.19. The Labute approximate surface area is 75.1 Å². The van der Waals surface area contributed by atoms with Gasteiger partial charge in [0.2, 0.25) is 0 Å². The van der Waals surface area contributed by atoms with Crippen molar-refractivity contribution >= 4 is 7.12 Å². The summed E-state index contributed by atoms with van der Waals surface area (Å²) < 4.78 is 11.3. The van der Waals surface area contributed by atoms with E-state index in [0.717, 1.165) is 12.7 Å². The molecule has 0 aromatic carbocycles. The van der Waals surface area contributed by atoms with Gasteiger partial charge in [-0.15, -0.1) is 6.58 Å². The van der Waals surface area contributed by atoms with Gasteiger partial charge in [0.05, 0.1) is 5.60 Å². The van der Waals surface area contributed by atoms with Crippen molar-refractivity contribution in [3.8, 4) is 0 Å². The van der Waals surface area contributed by atoms with Crippen LogP contribution in [0.4, 0.5) is 0 Å². The maximum atomic E-state index is 5.69. The third-order valence-corrected chi connectivity index (χ3v) is 1.97. The fraction of sp³-hybridized carbons (Fsp3) is 0.778. The van der Waals surface area contributed by atoms with Crippen LogP contribution in [0, 0.1) is 0 Å². The number of hydrogen-bond acceptors (Lipinski definition) is 2. The molecule has 0 radical (unpaired) electrons. The lowest BCUT2D eigenvalue weighted by molar-refractivity contribution is -0.0276. The third-order valence-electron chi connectivity index (χ3n) is 1.97. The van der Waals surface area contributed by atoms with Crippen molar-refractivity contribution in [2.75, 3.05) is 0 Å². The number of allylic oxidation sites excluding steroid dienone is 1. The maximum absolute atomic E-state index is 5.69. The minimum Gasteiger partial charge on any atom is -0.408 e. The second kappa shape index (κ2) is 3.63. The Morgan fingerprint density at radius 2 is 2.33 bits per heavy atom. The van der Waals surface area contributed by atoms with Gasteiger partial charge in [-0.2, -0.15) is 0 Å². The molecule has 0 saturated carbocycles. The molecule has 1 saturated heterocycles. The van der Waals surface area contributed by atoms with Crippen LogP contribution in [0.25, 0.3) is 0 Å². The second-order valence-electron chi connectivity index (χ2n) is 3.98. The van der Waals surface area contributed by atoms with Gasteiger partial charge in [0.25, 0.3) is 0 Å². The molecule has 3 heteroatoms. The van der Waals surface area contributed by atoms with Crippen molar-refractivity contribution in [2.24, 2.45) is 0 Å². The molecule has 1 atom stereocenters. The van der Waals surface area contributed by atoms with Crippen molar-refractivity contribution in [3.05, 3.63) is 12.7 Å². The summed E-state index contributed by atoms with van der Waals surface area (Å²) in [6.45, 7) is 9.95. The highest BCUT2D eigenvalue weighted by Gasteiger charge is 2.35. The molecule has 2 nitrogen and oxygen atoms in total. The van der Waals surface area contributed by atoms with E-state index < -0.39 is 0 Å². The quantitative estimate of drug-likeness (QED) is 0.465. The van der Waals surface area contributed by atoms with Gasteiger partial charge in [0, 0.05) is 12.4 Å². The van der Waals surface area contributed by atoms with E-state index in [1.807, 2.05) is 6.08 Å². The molecule has 0 aromatic heterocycles. The molecule has 0 bridgehead atoms. The highest BCUT2D eigenvalue weighted by molar-refractivity contribution is 6.45. The van der Waals surface area contributed by atoms with E-state index in [1.54, 1.807) is 0 Å². The first-order valence-electron chi connectivity index (χ1n) is 4.48. The molecule has 0 spiro atoms. The Bertz CT molecular complexity index is 168. The Hall–Kier alpha value is -0.275. The predicted octanol–water partition coefficient (Wildman–Crippen LogP) is 2.26. The van der Waals surface area contributed by atoms with Crippen molar-refractivity contribution < 1.29 is 9.31 Å². The van der Waals surface area contributed by atoms with E-state index in [0.29, 0.717) is 6.10 Å². The van der Waals surface area contributed by atoms with Crippen LogP contribution in [-0.4, -0.2) is 18.8 Å². The van der Waals surface area contributed by atoms with Crippen LogP contribution in [0.1, 0.15) is 27.2 Å². The standard InChI is InChI=1S/C9H17BO2/c1-5-6-10-11-8(2)7-9(3,4)12-10/h5,8H,1,6-7H2,2-4H3/t8-/m1/s1. The SMILES string of the molecule is C=CCB1O[C@H](C)CC(C)(C)O1. The average molecular weight is 168 g/mol. The lowest BCUT2D eigenvalue weighted by atomic mass is 9.79. The summed E-state index contributed by atoms with van der Waals surface area (Å²) in [6.07, 6.45) is 3.85. The fourth-order valence-electron chi connectivity index (χ4n) is 1.67. The monoisotopic (exact) mass is 168 g/mol. The second-order valence-corrected chi connectivity index (χ2v) is 3.98. The van der Waals surface area contributed by atoms with Crippen LogP contribution in [0.2, 0.25) is 6.32 Å². The van der Waals surface area contributed by atoms with Gasteiger partial charge in [0.1, 0.15) is 0 Å². The van der Waals surface area contributed by atoms with Gasteiger partial charge < -0.3 is 9.31 Å². The Morgan fingerprint density at radius 3 is 2.83 bits per heavy atom. The molecule has 1 rings (SSSR count). The molecule has 68 valence electrons. The summed E-state index contributed by atoms with van der Waals surface area (Å²) in [4.78, 5) is 0. The molecule has 1 heterocycles.